The molecule has 0 bridgehead atoms. The molecule has 1 aliphatic heterocycles. The Morgan fingerprint density at radius 2 is 2.12 bits per heavy atom. The van der Waals surface area contributed by atoms with Crippen LogP contribution in [-0.2, 0) is 6.42 Å². The van der Waals surface area contributed by atoms with Gasteiger partial charge in [-0.15, -0.1) is 0 Å². The molecule has 0 amide bonds. The molecule has 1 aliphatic rings. The Balaban J connectivity index is 1.51. The average Bonchev–Trinajstić information content (AvgIpc) is 3.06. The molecule has 4 rings (SSSR count). The predicted molar refractivity (Wildman–Crippen MR) is 93.6 cm³/mol. The summed E-state index contributed by atoms with van der Waals surface area (Å²) >= 11 is 0. The zero-order valence-electron chi connectivity index (χ0n) is 14.0. The normalized spacial score (nSPS) is 18.1. The smallest absolute Gasteiger partial charge is 0.300 e. The van der Waals surface area contributed by atoms with E-state index in [0.717, 1.165) is 25.5 Å². The predicted octanol–water partition coefficient (Wildman–Crippen LogP) is 1.26. The van der Waals surface area contributed by atoms with Gasteiger partial charge >= 0.3 is 0 Å². The Morgan fingerprint density at radius 3 is 2.92 bits per heavy atom. The fourth-order valence-corrected chi connectivity index (χ4v) is 3.12. The lowest BCUT2D eigenvalue weighted by Crippen LogP contribution is -2.52. The molecule has 8 heteroatoms. The molecule has 1 atom stereocenters. The van der Waals surface area contributed by atoms with Crippen LogP contribution in [0.15, 0.2) is 35.0 Å². The van der Waals surface area contributed by atoms with E-state index in [9.17, 15) is 0 Å². The van der Waals surface area contributed by atoms with Gasteiger partial charge in [0, 0.05) is 44.5 Å². The van der Waals surface area contributed by atoms with E-state index < -0.39 is 0 Å². The molecular weight excluding hydrogens is 320 g/mol. The highest BCUT2D eigenvalue weighted by atomic mass is 16.4. The second-order valence-corrected chi connectivity index (χ2v) is 6.11. The molecular formula is C17H20N6O2. The van der Waals surface area contributed by atoms with Crippen molar-refractivity contribution in [3.63, 3.8) is 0 Å². The van der Waals surface area contributed by atoms with Crippen molar-refractivity contribution < 1.29 is 9.52 Å². The van der Waals surface area contributed by atoms with E-state index in [1.54, 1.807) is 12.4 Å². The minimum Gasteiger partial charge on any atom is -0.422 e. The van der Waals surface area contributed by atoms with Crippen molar-refractivity contribution in [3.8, 4) is 0 Å². The molecule has 3 aromatic heterocycles. The average molecular weight is 340 g/mol. The number of aliphatic hydroxyl groups is 1. The summed E-state index contributed by atoms with van der Waals surface area (Å²) in [4.78, 5) is 21.8. The molecule has 0 aromatic carbocycles. The van der Waals surface area contributed by atoms with Crippen molar-refractivity contribution in [2.45, 2.75) is 19.4 Å². The molecule has 1 saturated heterocycles. The topological polar surface area (TPSA) is 91.4 Å². The molecule has 0 spiro atoms. The molecule has 0 saturated carbocycles. The quantitative estimate of drug-likeness (QED) is 0.759. The fourth-order valence-electron chi connectivity index (χ4n) is 3.12. The fraction of sp³-hybridized carbons (Fsp3) is 0.412. The van der Waals surface area contributed by atoms with Gasteiger partial charge in [-0.1, -0.05) is 0 Å². The van der Waals surface area contributed by atoms with Crippen LogP contribution in [0.3, 0.4) is 0 Å². The first kappa shape index (κ1) is 15.8. The summed E-state index contributed by atoms with van der Waals surface area (Å²) in [7, 11) is 0. The van der Waals surface area contributed by atoms with Crippen LogP contribution in [-0.4, -0.2) is 57.3 Å². The Hall–Kier alpha value is -2.74. The number of aliphatic hydroxyl groups excluding tert-OH is 1. The number of hydrogen-bond donors (Lipinski definition) is 1. The van der Waals surface area contributed by atoms with E-state index in [0.29, 0.717) is 29.5 Å². The van der Waals surface area contributed by atoms with E-state index >= 15 is 0 Å². The lowest BCUT2D eigenvalue weighted by Gasteiger charge is -2.39. The maximum absolute atomic E-state index is 9.06. The van der Waals surface area contributed by atoms with Gasteiger partial charge in [0.15, 0.2) is 5.58 Å². The summed E-state index contributed by atoms with van der Waals surface area (Å²) in [5.74, 6) is 1.56. The Labute approximate surface area is 145 Å². The van der Waals surface area contributed by atoms with Gasteiger partial charge in [-0.05, 0) is 25.1 Å². The standard InChI is InChI=1S/C17H20N6O2/c1-12-11-22(15-4-7-18-14(20-15)5-10-24)8-9-23(12)17-21-16-13(25-17)3-2-6-19-16/h2-4,6-7,12,24H,5,8-11H2,1H3/t12-/m0/s1. The van der Waals surface area contributed by atoms with Crippen molar-refractivity contribution in [3.05, 3.63) is 36.4 Å². The maximum atomic E-state index is 9.06. The third-order valence-corrected chi connectivity index (χ3v) is 4.38. The summed E-state index contributed by atoms with van der Waals surface area (Å²) in [6.45, 7) is 4.60. The van der Waals surface area contributed by atoms with E-state index in [4.69, 9.17) is 9.52 Å². The molecule has 1 N–H and O–H groups in total. The van der Waals surface area contributed by atoms with Crippen LogP contribution in [0.1, 0.15) is 12.7 Å². The number of fused-ring (bicyclic) bond motifs is 1. The molecule has 4 heterocycles. The number of anilines is 2. The van der Waals surface area contributed by atoms with Gasteiger partial charge in [0.05, 0.1) is 6.61 Å². The zero-order chi connectivity index (χ0) is 17.2. The van der Waals surface area contributed by atoms with Gasteiger partial charge in [0.2, 0.25) is 5.65 Å². The number of nitrogens with zero attached hydrogens (tertiary/aromatic N) is 6. The Morgan fingerprint density at radius 1 is 1.20 bits per heavy atom. The highest BCUT2D eigenvalue weighted by Gasteiger charge is 2.28. The van der Waals surface area contributed by atoms with Crippen LogP contribution in [0, 0.1) is 0 Å². The largest absolute Gasteiger partial charge is 0.422 e. The van der Waals surface area contributed by atoms with Crippen molar-refractivity contribution >= 4 is 23.1 Å². The van der Waals surface area contributed by atoms with E-state index in [1.165, 1.54) is 0 Å². The van der Waals surface area contributed by atoms with Crippen molar-refractivity contribution in [2.75, 3.05) is 36.0 Å². The molecule has 130 valence electrons. The molecule has 1 fully saturated rings. The summed E-state index contributed by atoms with van der Waals surface area (Å²) in [6, 6.07) is 6.47. The van der Waals surface area contributed by atoms with Gasteiger partial charge < -0.3 is 19.3 Å². The first-order valence-electron chi connectivity index (χ1n) is 8.40. The van der Waals surface area contributed by atoms with Crippen LogP contribution in [0.2, 0.25) is 0 Å². The number of aromatic nitrogens is 4. The van der Waals surface area contributed by atoms with Gasteiger partial charge in [-0.25, -0.2) is 15.0 Å². The molecule has 0 aliphatic carbocycles. The van der Waals surface area contributed by atoms with Crippen LogP contribution in [0.5, 0.6) is 0 Å². The second-order valence-electron chi connectivity index (χ2n) is 6.11. The third-order valence-electron chi connectivity index (χ3n) is 4.38. The highest BCUT2D eigenvalue weighted by molar-refractivity contribution is 5.69. The Kier molecular flexibility index (Phi) is 4.19. The van der Waals surface area contributed by atoms with E-state index in [2.05, 4.69) is 36.7 Å². The van der Waals surface area contributed by atoms with Crippen LogP contribution >= 0.6 is 0 Å². The van der Waals surface area contributed by atoms with Crippen LogP contribution in [0.4, 0.5) is 11.8 Å². The SMILES string of the molecule is C[C@H]1CN(c2ccnc(CCO)n2)CCN1c1nc2ncccc2o1. The number of piperazine rings is 1. The van der Waals surface area contributed by atoms with Crippen molar-refractivity contribution in [2.24, 2.45) is 0 Å². The molecule has 0 radical (unpaired) electrons. The minimum atomic E-state index is 0.0550. The number of oxazole rings is 1. The summed E-state index contributed by atoms with van der Waals surface area (Å²) in [6.07, 6.45) is 3.94. The summed E-state index contributed by atoms with van der Waals surface area (Å²) < 4.78 is 5.85. The molecule has 8 nitrogen and oxygen atoms in total. The minimum absolute atomic E-state index is 0.0550. The highest BCUT2D eigenvalue weighted by Crippen LogP contribution is 2.25. The monoisotopic (exact) mass is 340 g/mol. The van der Waals surface area contributed by atoms with Crippen molar-refractivity contribution in [1.82, 2.24) is 19.9 Å². The van der Waals surface area contributed by atoms with Gasteiger partial charge in [0.1, 0.15) is 11.6 Å². The van der Waals surface area contributed by atoms with Crippen LogP contribution < -0.4 is 9.80 Å². The maximum Gasteiger partial charge on any atom is 0.300 e. The number of rotatable bonds is 4. The Bertz CT molecular complexity index is 834. The lowest BCUT2D eigenvalue weighted by atomic mass is 10.2. The van der Waals surface area contributed by atoms with Crippen molar-refractivity contribution in [1.29, 1.82) is 0 Å². The summed E-state index contributed by atoms with van der Waals surface area (Å²) in [5.41, 5.74) is 1.34. The van der Waals surface area contributed by atoms with Gasteiger partial charge in [0.25, 0.3) is 6.01 Å². The first-order chi connectivity index (χ1) is 12.2. The van der Waals surface area contributed by atoms with Gasteiger partial charge in [-0.2, -0.15) is 4.98 Å². The molecule has 3 aromatic rings. The van der Waals surface area contributed by atoms with Gasteiger partial charge in [-0.3, -0.25) is 0 Å². The van der Waals surface area contributed by atoms with E-state index in [-0.39, 0.29) is 12.6 Å². The molecule has 25 heavy (non-hydrogen) atoms. The number of hydrogen-bond acceptors (Lipinski definition) is 8. The van der Waals surface area contributed by atoms with E-state index in [1.807, 2.05) is 18.2 Å². The first-order valence-corrected chi connectivity index (χ1v) is 8.40. The summed E-state index contributed by atoms with van der Waals surface area (Å²) in [5, 5.41) is 9.06. The van der Waals surface area contributed by atoms with Crippen LogP contribution in [0.25, 0.3) is 11.2 Å². The number of pyridine rings is 1. The lowest BCUT2D eigenvalue weighted by molar-refractivity contribution is 0.296. The molecule has 0 unspecified atom stereocenters. The third kappa shape index (κ3) is 3.12. The zero-order valence-corrected chi connectivity index (χ0v) is 14.0. The second kappa shape index (κ2) is 6.64.